The van der Waals surface area contributed by atoms with Crippen LogP contribution in [0.15, 0.2) is 33.8 Å². The number of aliphatic imine (C=N–C) groups is 1. The minimum absolute atomic E-state index is 0. The third-order valence-electron chi connectivity index (χ3n) is 3.65. The summed E-state index contributed by atoms with van der Waals surface area (Å²) >= 11 is 0. The Hall–Kier alpha value is -1.84. The van der Waals surface area contributed by atoms with Crippen LogP contribution >= 0.6 is 24.0 Å². The van der Waals surface area contributed by atoms with Gasteiger partial charge in [0, 0.05) is 33.6 Å². The second-order valence-electron chi connectivity index (χ2n) is 5.75. The lowest BCUT2D eigenvalue weighted by Gasteiger charge is -2.22. The molecule has 1 N–H and O–H groups in total. The second-order valence-corrected chi connectivity index (χ2v) is 5.75. The molecule has 1 aromatic carbocycles. The third-order valence-corrected chi connectivity index (χ3v) is 3.65. The van der Waals surface area contributed by atoms with Crippen LogP contribution in [-0.4, -0.2) is 48.2 Å². The Kier molecular flexibility index (Phi) is 10.0. The van der Waals surface area contributed by atoms with Crippen molar-refractivity contribution in [2.75, 3.05) is 27.2 Å². The molecule has 1 aromatic heterocycles. The SMILES string of the molecule is CCOc1ccc(CN(C)C(=NC)NCCCc2nc(C)no2)cc1.I. The molecule has 0 saturated carbocycles. The molecule has 8 heteroatoms. The van der Waals surface area contributed by atoms with Crippen LogP contribution in [-0.2, 0) is 13.0 Å². The van der Waals surface area contributed by atoms with E-state index in [1.807, 2.05) is 33.0 Å². The second kappa shape index (κ2) is 11.7. The van der Waals surface area contributed by atoms with E-state index in [1.165, 1.54) is 5.56 Å². The summed E-state index contributed by atoms with van der Waals surface area (Å²) in [5.74, 6) is 3.11. The summed E-state index contributed by atoms with van der Waals surface area (Å²) in [6, 6.07) is 8.14. The van der Waals surface area contributed by atoms with Crippen molar-refractivity contribution in [1.29, 1.82) is 0 Å². The number of nitrogens with zero attached hydrogens (tertiary/aromatic N) is 4. The van der Waals surface area contributed by atoms with Crippen LogP contribution in [0.5, 0.6) is 5.75 Å². The molecule has 0 fully saturated rings. The number of halogens is 1. The molecule has 0 unspecified atom stereocenters. The molecular weight excluding hydrogens is 445 g/mol. The van der Waals surface area contributed by atoms with E-state index in [2.05, 4.69) is 37.5 Å². The van der Waals surface area contributed by atoms with Gasteiger partial charge < -0.3 is 19.5 Å². The fraction of sp³-hybridized carbons (Fsp3) is 0.500. The lowest BCUT2D eigenvalue weighted by molar-refractivity contribution is 0.340. The maximum Gasteiger partial charge on any atom is 0.226 e. The molecule has 0 saturated heterocycles. The van der Waals surface area contributed by atoms with Crippen molar-refractivity contribution < 1.29 is 9.26 Å². The maximum absolute atomic E-state index is 5.47. The molecule has 0 bridgehead atoms. The highest BCUT2D eigenvalue weighted by Gasteiger charge is 2.07. The van der Waals surface area contributed by atoms with E-state index in [-0.39, 0.29) is 24.0 Å². The zero-order valence-electron chi connectivity index (χ0n) is 15.9. The van der Waals surface area contributed by atoms with Crippen molar-refractivity contribution in [3.8, 4) is 5.75 Å². The van der Waals surface area contributed by atoms with E-state index in [1.54, 1.807) is 7.05 Å². The average molecular weight is 473 g/mol. The van der Waals surface area contributed by atoms with Crippen LogP contribution in [0.3, 0.4) is 0 Å². The zero-order valence-corrected chi connectivity index (χ0v) is 18.2. The Morgan fingerprint density at radius 2 is 2.04 bits per heavy atom. The Bertz CT molecular complexity index is 672. The summed E-state index contributed by atoms with van der Waals surface area (Å²) in [5.41, 5.74) is 1.20. The predicted molar refractivity (Wildman–Crippen MR) is 113 cm³/mol. The van der Waals surface area contributed by atoms with Gasteiger partial charge in [-0.3, -0.25) is 4.99 Å². The van der Waals surface area contributed by atoms with Crippen molar-refractivity contribution in [3.05, 3.63) is 41.5 Å². The number of hydrogen-bond acceptors (Lipinski definition) is 5. The minimum Gasteiger partial charge on any atom is -0.494 e. The largest absolute Gasteiger partial charge is 0.494 e. The molecule has 0 amide bonds. The molecule has 0 aliphatic rings. The molecule has 2 rings (SSSR count). The Labute approximate surface area is 172 Å². The number of ether oxygens (including phenoxy) is 1. The Morgan fingerprint density at radius 3 is 2.62 bits per heavy atom. The predicted octanol–water partition coefficient (Wildman–Crippen LogP) is 3.03. The maximum atomic E-state index is 5.47. The summed E-state index contributed by atoms with van der Waals surface area (Å²) in [5, 5.41) is 7.15. The minimum atomic E-state index is 0. The summed E-state index contributed by atoms with van der Waals surface area (Å²) in [4.78, 5) is 10.6. The molecule has 7 nitrogen and oxygen atoms in total. The average Bonchev–Trinajstić information content (AvgIpc) is 3.02. The van der Waals surface area contributed by atoms with Gasteiger partial charge in [-0.2, -0.15) is 4.98 Å². The first-order chi connectivity index (χ1) is 12.1. The van der Waals surface area contributed by atoms with Crippen molar-refractivity contribution >= 4 is 29.9 Å². The zero-order chi connectivity index (χ0) is 18.1. The molecule has 26 heavy (non-hydrogen) atoms. The van der Waals surface area contributed by atoms with Gasteiger partial charge >= 0.3 is 0 Å². The fourth-order valence-corrected chi connectivity index (χ4v) is 2.47. The van der Waals surface area contributed by atoms with Crippen LogP contribution in [0.25, 0.3) is 0 Å². The lowest BCUT2D eigenvalue weighted by atomic mass is 10.2. The van der Waals surface area contributed by atoms with Crippen molar-refractivity contribution in [2.24, 2.45) is 4.99 Å². The lowest BCUT2D eigenvalue weighted by Crippen LogP contribution is -2.39. The first kappa shape index (κ1) is 22.2. The van der Waals surface area contributed by atoms with Gasteiger partial charge in [-0.25, -0.2) is 0 Å². The third kappa shape index (κ3) is 7.19. The standard InChI is InChI=1S/C18H27N5O2.HI/c1-5-24-16-10-8-15(9-11-16)13-23(4)18(19-3)20-12-6-7-17-21-14(2)22-25-17;/h8-11H,5-7,12-13H2,1-4H3,(H,19,20);1H. The van der Waals surface area contributed by atoms with E-state index < -0.39 is 0 Å². The number of benzene rings is 1. The van der Waals surface area contributed by atoms with Crippen molar-refractivity contribution in [2.45, 2.75) is 33.2 Å². The Morgan fingerprint density at radius 1 is 1.31 bits per heavy atom. The first-order valence-corrected chi connectivity index (χ1v) is 8.55. The molecule has 2 aromatic rings. The van der Waals surface area contributed by atoms with E-state index in [0.29, 0.717) is 18.3 Å². The number of hydrogen-bond donors (Lipinski definition) is 1. The van der Waals surface area contributed by atoms with Crippen molar-refractivity contribution in [3.63, 3.8) is 0 Å². The topological polar surface area (TPSA) is 75.8 Å². The van der Waals surface area contributed by atoms with Gasteiger partial charge in [-0.05, 0) is 38.0 Å². The first-order valence-electron chi connectivity index (χ1n) is 8.55. The van der Waals surface area contributed by atoms with Gasteiger partial charge in [0.2, 0.25) is 5.89 Å². The van der Waals surface area contributed by atoms with Crippen LogP contribution in [0.1, 0.15) is 30.6 Å². The number of nitrogens with one attached hydrogen (secondary N) is 1. The summed E-state index contributed by atoms with van der Waals surface area (Å²) < 4.78 is 10.6. The highest BCUT2D eigenvalue weighted by Crippen LogP contribution is 2.13. The fourth-order valence-electron chi connectivity index (χ4n) is 2.47. The van der Waals surface area contributed by atoms with Gasteiger partial charge in [0.25, 0.3) is 0 Å². The molecule has 0 radical (unpaired) electrons. The molecule has 0 spiro atoms. The molecule has 0 aliphatic heterocycles. The Balaban J connectivity index is 0.00000338. The van der Waals surface area contributed by atoms with E-state index in [0.717, 1.165) is 37.6 Å². The van der Waals surface area contributed by atoms with E-state index in [9.17, 15) is 0 Å². The summed E-state index contributed by atoms with van der Waals surface area (Å²) in [7, 11) is 3.81. The molecule has 1 heterocycles. The van der Waals surface area contributed by atoms with Gasteiger partial charge in [0.15, 0.2) is 11.8 Å². The number of aromatic nitrogens is 2. The van der Waals surface area contributed by atoms with Crippen LogP contribution in [0.4, 0.5) is 0 Å². The molecular formula is C18H28IN5O2. The van der Waals surface area contributed by atoms with Gasteiger partial charge in [-0.15, -0.1) is 24.0 Å². The summed E-state index contributed by atoms with van der Waals surface area (Å²) in [6.07, 6.45) is 1.66. The molecule has 0 aliphatic carbocycles. The quantitative estimate of drug-likeness (QED) is 0.275. The molecule has 0 atom stereocenters. The van der Waals surface area contributed by atoms with Gasteiger partial charge in [0.1, 0.15) is 5.75 Å². The number of guanidine groups is 1. The highest BCUT2D eigenvalue weighted by atomic mass is 127. The monoisotopic (exact) mass is 473 g/mol. The smallest absolute Gasteiger partial charge is 0.226 e. The van der Waals surface area contributed by atoms with E-state index >= 15 is 0 Å². The summed E-state index contributed by atoms with van der Waals surface area (Å²) in [6.45, 7) is 6.05. The van der Waals surface area contributed by atoms with Crippen LogP contribution in [0, 0.1) is 6.92 Å². The van der Waals surface area contributed by atoms with Gasteiger partial charge in [-0.1, -0.05) is 17.3 Å². The van der Waals surface area contributed by atoms with Crippen LogP contribution < -0.4 is 10.1 Å². The van der Waals surface area contributed by atoms with Crippen molar-refractivity contribution in [1.82, 2.24) is 20.4 Å². The molecule has 144 valence electrons. The number of aryl methyl sites for hydroxylation is 2. The van der Waals surface area contributed by atoms with Gasteiger partial charge in [0.05, 0.1) is 6.61 Å². The normalized spacial score (nSPS) is 11.0. The van der Waals surface area contributed by atoms with Crippen LogP contribution in [0.2, 0.25) is 0 Å². The highest BCUT2D eigenvalue weighted by molar-refractivity contribution is 14.0. The number of rotatable bonds is 8. The van der Waals surface area contributed by atoms with E-state index in [4.69, 9.17) is 9.26 Å².